The van der Waals surface area contributed by atoms with Gasteiger partial charge in [-0.2, -0.15) is 4.98 Å². The highest BCUT2D eigenvalue weighted by molar-refractivity contribution is 5.89. The van der Waals surface area contributed by atoms with E-state index < -0.39 is 0 Å². The highest BCUT2D eigenvalue weighted by Crippen LogP contribution is 2.29. The molecular formula is C17H16N4O3. The van der Waals surface area contributed by atoms with Crippen molar-refractivity contribution in [2.24, 2.45) is 0 Å². The van der Waals surface area contributed by atoms with Crippen LogP contribution in [0.2, 0.25) is 0 Å². The third-order valence-corrected chi connectivity index (χ3v) is 4.33. The Labute approximate surface area is 138 Å². The second kappa shape index (κ2) is 5.92. The summed E-state index contributed by atoms with van der Waals surface area (Å²) >= 11 is 0. The molecular weight excluding hydrogens is 308 g/mol. The molecule has 122 valence electrons. The van der Waals surface area contributed by atoms with Crippen LogP contribution in [0.1, 0.15) is 34.3 Å². The van der Waals surface area contributed by atoms with Gasteiger partial charge >= 0.3 is 5.97 Å². The molecule has 0 saturated heterocycles. The first kappa shape index (κ1) is 14.6. The van der Waals surface area contributed by atoms with Gasteiger partial charge < -0.3 is 13.8 Å². The topological polar surface area (TPSA) is 83.0 Å². The summed E-state index contributed by atoms with van der Waals surface area (Å²) in [7, 11) is 1.36. The maximum absolute atomic E-state index is 11.5. The molecule has 3 aromatic rings. The van der Waals surface area contributed by atoms with E-state index in [9.17, 15) is 4.79 Å². The number of fused-ring (bicyclic) bond motifs is 1. The second-order valence-corrected chi connectivity index (χ2v) is 5.79. The number of aryl methyl sites for hydroxylation is 1. The number of esters is 1. The van der Waals surface area contributed by atoms with Gasteiger partial charge in [0.1, 0.15) is 0 Å². The summed E-state index contributed by atoms with van der Waals surface area (Å²) in [5.74, 6) is 1.02. The SMILES string of the molecule is COC(=O)c1ccc(-c2noc([C@@H]3CCn4cncc4C3)n2)cc1. The number of ether oxygens (including phenoxy) is 1. The van der Waals surface area contributed by atoms with Crippen LogP contribution in [0.15, 0.2) is 41.3 Å². The maximum Gasteiger partial charge on any atom is 0.337 e. The first-order valence-corrected chi connectivity index (χ1v) is 7.76. The summed E-state index contributed by atoms with van der Waals surface area (Å²) in [6.07, 6.45) is 5.54. The molecule has 1 aromatic carbocycles. The molecule has 3 heterocycles. The number of nitrogens with zero attached hydrogens (tertiary/aromatic N) is 4. The molecule has 1 atom stereocenters. The fraction of sp³-hybridized carbons (Fsp3) is 0.294. The molecule has 1 aliphatic rings. The summed E-state index contributed by atoms with van der Waals surface area (Å²) in [5.41, 5.74) is 2.48. The lowest BCUT2D eigenvalue weighted by molar-refractivity contribution is 0.0601. The van der Waals surface area contributed by atoms with Crippen molar-refractivity contribution < 1.29 is 14.1 Å². The Hall–Kier alpha value is -2.96. The zero-order valence-corrected chi connectivity index (χ0v) is 13.2. The van der Waals surface area contributed by atoms with Crippen LogP contribution in [-0.2, 0) is 17.7 Å². The number of benzene rings is 1. The lowest BCUT2D eigenvalue weighted by Crippen LogP contribution is -2.17. The van der Waals surface area contributed by atoms with Crippen molar-refractivity contribution in [3.8, 4) is 11.4 Å². The average Bonchev–Trinajstić information content (AvgIpc) is 3.29. The molecule has 7 nitrogen and oxygen atoms in total. The Balaban J connectivity index is 1.54. The van der Waals surface area contributed by atoms with E-state index in [0.29, 0.717) is 17.3 Å². The summed E-state index contributed by atoms with van der Waals surface area (Å²) in [6.45, 7) is 0.908. The third kappa shape index (κ3) is 2.58. The average molecular weight is 324 g/mol. The molecule has 0 spiro atoms. The van der Waals surface area contributed by atoms with Crippen molar-refractivity contribution in [3.05, 3.63) is 53.9 Å². The van der Waals surface area contributed by atoms with Crippen LogP contribution in [0, 0.1) is 0 Å². The Kier molecular flexibility index (Phi) is 3.60. The van der Waals surface area contributed by atoms with Gasteiger partial charge in [0.15, 0.2) is 0 Å². The Morgan fingerprint density at radius 2 is 2.17 bits per heavy atom. The fourth-order valence-corrected chi connectivity index (χ4v) is 2.97. The summed E-state index contributed by atoms with van der Waals surface area (Å²) in [6, 6.07) is 6.96. The first-order chi connectivity index (χ1) is 11.7. The zero-order valence-electron chi connectivity index (χ0n) is 13.2. The minimum Gasteiger partial charge on any atom is -0.465 e. The summed E-state index contributed by atoms with van der Waals surface area (Å²) in [5, 5.41) is 4.08. The van der Waals surface area contributed by atoms with Crippen LogP contribution in [-0.4, -0.2) is 32.8 Å². The van der Waals surface area contributed by atoms with Crippen LogP contribution >= 0.6 is 0 Å². The molecule has 0 amide bonds. The van der Waals surface area contributed by atoms with Gasteiger partial charge in [-0.15, -0.1) is 0 Å². The second-order valence-electron chi connectivity index (χ2n) is 5.79. The van der Waals surface area contributed by atoms with Gasteiger partial charge in [-0.25, -0.2) is 9.78 Å². The van der Waals surface area contributed by atoms with Crippen molar-refractivity contribution in [1.29, 1.82) is 0 Å². The predicted molar refractivity (Wildman–Crippen MR) is 84.4 cm³/mol. The van der Waals surface area contributed by atoms with Crippen LogP contribution in [0.5, 0.6) is 0 Å². The molecule has 24 heavy (non-hydrogen) atoms. The highest BCUT2D eigenvalue weighted by atomic mass is 16.5. The number of hydrogen-bond donors (Lipinski definition) is 0. The number of carbonyl (C=O) groups is 1. The van der Waals surface area contributed by atoms with Crippen LogP contribution in [0.4, 0.5) is 0 Å². The molecule has 0 aliphatic carbocycles. The molecule has 0 radical (unpaired) electrons. The van der Waals surface area contributed by atoms with Crippen molar-refractivity contribution >= 4 is 5.97 Å². The van der Waals surface area contributed by atoms with E-state index in [4.69, 9.17) is 9.26 Å². The molecule has 0 unspecified atom stereocenters. The molecule has 4 rings (SSSR count). The lowest BCUT2D eigenvalue weighted by atomic mass is 9.96. The molecule has 2 aromatic heterocycles. The van der Waals surface area contributed by atoms with E-state index in [0.717, 1.165) is 24.9 Å². The van der Waals surface area contributed by atoms with E-state index in [-0.39, 0.29) is 11.9 Å². The maximum atomic E-state index is 11.5. The standard InChI is InChI=1S/C17H16N4O3/c1-23-17(22)12-4-2-11(3-5-12)15-19-16(24-20-15)13-6-7-21-10-18-9-14(21)8-13/h2-5,9-10,13H,6-8H2,1H3/t13-/m1/s1. The van der Waals surface area contributed by atoms with Gasteiger partial charge in [0.25, 0.3) is 0 Å². The molecule has 0 N–H and O–H groups in total. The van der Waals surface area contributed by atoms with E-state index in [1.807, 2.05) is 12.5 Å². The van der Waals surface area contributed by atoms with E-state index in [1.165, 1.54) is 12.8 Å². The van der Waals surface area contributed by atoms with Gasteiger partial charge in [-0.3, -0.25) is 0 Å². The number of aromatic nitrogens is 4. The van der Waals surface area contributed by atoms with Crippen molar-refractivity contribution in [1.82, 2.24) is 19.7 Å². The van der Waals surface area contributed by atoms with E-state index in [1.54, 1.807) is 24.3 Å². The molecule has 0 fully saturated rings. The van der Waals surface area contributed by atoms with Gasteiger partial charge in [0.2, 0.25) is 11.7 Å². The molecule has 1 aliphatic heterocycles. The first-order valence-electron chi connectivity index (χ1n) is 7.76. The van der Waals surface area contributed by atoms with Gasteiger partial charge in [-0.05, 0) is 18.6 Å². The Bertz CT molecular complexity index is 866. The van der Waals surface area contributed by atoms with Gasteiger partial charge in [0.05, 0.1) is 19.0 Å². The van der Waals surface area contributed by atoms with Crippen molar-refractivity contribution in [2.75, 3.05) is 7.11 Å². The third-order valence-electron chi connectivity index (χ3n) is 4.33. The normalized spacial score (nSPS) is 16.6. The van der Waals surface area contributed by atoms with Crippen LogP contribution in [0.3, 0.4) is 0 Å². The minimum absolute atomic E-state index is 0.213. The molecule has 0 bridgehead atoms. The van der Waals surface area contributed by atoms with E-state index >= 15 is 0 Å². The number of hydrogen-bond acceptors (Lipinski definition) is 6. The monoisotopic (exact) mass is 324 g/mol. The largest absolute Gasteiger partial charge is 0.465 e. The van der Waals surface area contributed by atoms with Crippen molar-refractivity contribution in [2.45, 2.75) is 25.3 Å². The fourth-order valence-electron chi connectivity index (χ4n) is 2.97. The summed E-state index contributed by atoms with van der Waals surface area (Å²) < 4.78 is 12.3. The Morgan fingerprint density at radius 1 is 1.33 bits per heavy atom. The Morgan fingerprint density at radius 3 is 2.96 bits per heavy atom. The van der Waals surface area contributed by atoms with Crippen LogP contribution < -0.4 is 0 Å². The smallest absolute Gasteiger partial charge is 0.337 e. The molecule has 0 saturated carbocycles. The van der Waals surface area contributed by atoms with Crippen molar-refractivity contribution in [3.63, 3.8) is 0 Å². The predicted octanol–water partition coefficient (Wildman–Crippen LogP) is 2.45. The minimum atomic E-state index is -0.367. The zero-order chi connectivity index (χ0) is 16.5. The van der Waals surface area contributed by atoms with E-state index in [2.05, 4.69) is 19.7 Å². The number of carbonyl (C=O) groups excluding carboxylic acids is 1. The van der Waals surface area contributed by atoms with Gasteiger partial charge in [0, 0.05) is 36.3 Å². The number of imidazole rings is 1. The van der Waals surface area contributed by atoms with Crippen LogP contribution in [0.25, 0.3) is 11.4 Å². The molecule has 7 heteroatoms. The number of rotatable bonds is 3. The van der Waals surface area contributed by atoms with Gasteiger partial charge in [-0.1, -0.05) is 17.3 Å². The summed E-state index contributed by atoms with van der Waals surface area (Å²) in [4.78, 5) is 20.2. The lowest BCUT2D eigenvalue weighted by Gasteiger charge is -2.20. The number of methoxy groups -OCH3 is 1. The quantitative estimate of drug-likeness (QED) is 0.688. The highest BCUT2D eigenvalue weighted by Gasteiger charge is 2.25.